The zero-order chi connectivity index (χ0) is 18.9. The molecule has 0 aliphatic carbocycles. The van der Waals surface area contributed by atoms with E-state index in [-0.39, 0.29) is 22.7 Å². The highest BCUT2D eigenvalue weighted by Crippen LogP contribution is 2.35. The minimum absolute atomic E-state index is 0.0267. The Morgan fingerprint density at radius 3 is 2.58 bits per heavy atom. The van der Waals surface area contributed by atoms with Gasteiger partial charge in [0, 0.05) is 11.6 Å². The fraction of sp³-hybridized carbons (Fsp3) is 0.381. The van der Waals surface area contributed by atoms with Crippen LogP contribution in [0.3, 0.4) is 0 Å². The molecule has 0 unspecified atom stereocenters. The molecule has 0 N–H and O–H groups in total. The Kier molecular flexibility index (Phi) is 5.24. The first-order valence-electron chi connectivity index (χ1n) is 8.79. The minimum atomic E-state index is -1.18. The van der Waals surface area contributed by atoms with Crippen molar-refractivity contribution >= 4 is 17.5 Å². The predicted octanol–water partition coefficient (Wildman–Crippen LogP) is 5.31. The molecule has 26 heavy (non-hydrogen) atoms. The van der Waals surface area contributed by atoms with Gasteiger partial charge in [0.05, 0.1) is 6.04 Å². The van der Waals surface area contributed by atoms with Gasteiger partial charge >= 0.3 is 0 Å². The molecule has 1 fully saturated rings. The smallest absolute Gasteiger partial charge is 0.266 e. The summed E-state index contributed by atoms with van der Waals surface area (Å²) < 4.78 is 19.8. The third kappa shape index (κ3) is 3.85. The molecule has 1 heterocycles. The fourth-order valence-electron chi connectivity index (χ4n) is 3.37. The highest BCUT2D eigenvalue weighted by molar-refractivity contribution is 6.30. The third-order valence-corrected chi connectivity index (χ3v) is 4.98. The molecule has 0 spiro atoms. The van der Waals surface area contributed by atoms with Crippen molar-refractivity contribution in [2.45, 2.75) is 45.3 Å². The first kappa shape index (κ1) is 18.7. The van der Waals surface area contributed by atoms with Gasteiger partial charge in [-0.25, -0.2) is 4.39 Å². The van der Waals surface area contributed by atoms with Crippen LogP contribution in [0.4, 0.5) is 4.39 Å². The Balaban J connectivity index is 1.80. The first-order valence-corrected chi connectivity index (χ1v) is 9.17. The number of rotatable bonds is 4. The van der Waals surface area contributed by atoms with Gasteiger partial charge in [0.25, 0.3) is 5.91 Å². The minimum Gasteiger partial charge on any atom is -0.475 e. The summed E-state index contributed by atoms with van der Waals surface area (Å²) in [6.07, 6.45) is 1.86. The van der Waals surface area contributed by atoms with Gasteiger partial charge in [-0.2, -0.15) is 0 Å². The van der Waals surface area contributed by atoms with Crippen LogP contribution in [-0.4, -0.2) is 23.0 Å². The van der Waals surface area contributed by atoms with Gasteiger partial charge in [-0.05, 0) is 57.4 Å². The molecular weight excluding hydrogens is 353 g/mol. The molecule has 0 radical (unpaired) electrons. The molecule has 1 saturated heterocycles. The van der Waals surface area contributed by atoms with Crippen LogP contribution < -0.4 is 4.74 Å². The fourth-order valence-corrected chi connectivity index (χ4v) is 3.53. The van der Waals surface area contributed by atoms with Crippen LogP contribution in [0.15, 0.2) is 42.5 Å². The highest BCUT2D eigenvalue weighted by Gasteiger charge is 2.40. The topological polar surface area (TPSA) is 29.5 Å². The van der Waals surface area contributed by atoms with Gasteiger partial charge in [-0.3, -0.25) is 4.79 Å². The molecule has 1 aliphatic heterocycles. The number of hydrogen-bond acceptors (Lipinski definition) is 2. The number of aryl methyl sites for hydroxylation is 1. The number of ether oxygens (including phenoxy) is 1. The maximum absolute atomic E-state index is 14.1. The van der Waals surface area contributed by atoms with Crippen molar-refractivity contribution < 1.29 is 13.9 Å². The van der Waals surface area contributed by atoms with E-state index in [2.05, 4.69) is 24.3 Å². The van der Waals surface area contributed by atoms with Crippen molar-refractivity contribution in [3.63, 3.8) is 0 Å². The summed E-state index contributed by atoms with van der Waals surface area (Å²) in [6.45, 7) is 6.06. The van der Waals surface area contributed by atoms with E-state index in [9.17, 15) is 9.18 Å². The van der Waals surface area contributed by atoms with Crippen LogP contribution in [0, 0.1) is 12.7 Å². The van der Waals surface area contributed by atoms with E-state index in [1.165, 1.54) is 17.7 Å². The largest absolute Gasteiger partial charge is 0.475 e. The second kappa shape index (κ2) is 7.28. The lowest BCUT2D eigenvalue weighted by atomic mass is 10.0. The summed E-state index contributed by atoms with van der Waals surface area (Å²) >= 11 is 5.78. The Morgan fingerprint density at radius 2 is 1.92 bits per heavy atom. The van der Waals surface area contributed by atoms with Crippen LogP contribution in [-0.2, 0) is 4.79 Å². The zero-order valence-electron chi connectivity index (χ0n) is 15.3. The number of halogens is 2. The summed E-state index contributed by atoms with van der Waals surface area (Å²) in [5.41, 5.74) is 1.13. The number of likely N-dealkylation sites (tertiary alicyclic amines) is 1. The number of amides is 1. The number of nitrogens with zero attached hydrogens (tertiary/aromatic N) is 1. The summed E-state index contributed by atoms with van der Waals surface area (Å²) in [6, 6.07) is 12.5. The summed E-state index contributed by atoms with van der Waals surface area (Å²) in [5.74, 6) is -0.691. The van der Waals surface area contributed by atoms with Gasteiger partial charge in [-0.1, -0.05) is 41.4 Å². The normalized spacial score (nSPS) is 17.4. The van der Waals surface area contributed by atoms with Crippen molar-refractivity contribution in [1.29, 1.82) is 0 Å². The molecule has 138 valence electrons. The van der Waals surface area contributed by atoms with Gasteiger partial charge in [0.15, 0.2) is 17.2 Å². The SMILES string of the molecule is Cc1ccc([C@@H]2CCCN2C(=O)C(C)(C)Oc2ccc(Cl)cc2F)cc1. The molecule has 3 rings (SSSR count). The quantitative estimate of drug-likeness (QED) is 0.724. The Hall–Kier alpha value is -2.07. The molecule has 0 saturated carbocycles. The van der Waals surface area contributed by atoms with E-state index in [1.54, 1.807) is 19.9 Å². The Morgan fingerprint density at radius 1 is 1.23 bits per heavy atom. The van der Waals surface area contributed by atoms with Gasteiger partial charge < -0.3 is 9.64 Å². The number of carbonyl (C=O) groups is 1. The van der Waals surface area contributed by atoms with E-state index in [4.69, 9.17) is 16.3 Å². The molecule has 0 bridgehead atoms. The second-order valence-corrected chi connectivity index (χ2v) is 7.69. The van der Waals surface area contributed by atoms with Gasteiger partial charge in [0.1, 0.15) is 0 Å². The van der Waals surface area contributed by atoms with E-state index in [0.29, 0.717) is 6.54 Å². The van der Waals surface area contributed by atoms with Crippen LogP contribution >= 0.6 is 11.6 Å². The Labute approximate surface area is 158 Å². The van der Waals surface area contributed by atoms with Crippen molar-refractivity contribution in [1.82, 2.24) is 4.90 Å². The molecule has 2 aromatic carbocycles. The van der Waals surface area contributed by atoms with Crippen LogP contribution in [0.5, 0.6) is 5.75 Å². The second-order valence-electron chi connectivity index (χ2n) is 7.25. The molecule has 5 heteroatoms. The summed E-state index contributed by atoms with van der Waals surface area (Å²) in [4.78, 5) is 15.0. The van der Waals surface area contributed by atoms with Crippen LogP contribution in [0.2, 0.25) is 5.02 Å². The molecular formula is C21H23ClFNO2. The van der Waals surface area contributed by atoms with Crippen molar-refractivity contribution in [2.24, 2.45) is 0 Å². The number of hydrogen-bond donors (Lipinski definition) is 0. The number of benzene rings is 2. The maximum atomic E-state index is 14.1. The first-order chi connectivity index (χ1) is 12.3. The average Bonchev–Trinajstić information content (AvgIpc) is 3.07. The molecule has 2 aromatic rings. The summed E-state index contributed by atoms with van der Waals surface area (Å²) in [5, 5.41) is 0.290. The van der Waals surface area contributed by atoms with Gasteiger partial charge in [-0.15, -0.1) is 0 Å². The highest BCUT2D eigenvalue weighted by atomic mass is 35.5. The van der Waals surface area contributed by atoms with E-state index < -0.39 is 11.4 Å². The molecule has 3 nitrogen and oxygen atoms in total. The lowest BCUT2D eigenvalue weighted by molar-refractivity contribution is -0.146. The molecule has 1 atom stereocenters. The van der Waals surface area contributed by atoms with E-state index in [1.807, 2.05) is 11.8 Å². The number of carbonyl (C=O) groups excluding carboxylic acids is 1. The summed E-state index contributed by atoms with van der Waals surface area (Å²) in [7, 11) is 0. The Bertz CT molecular complexity index is 804. The molecule has 1 amide bonds. The standard InChI is InChI=1S/C21H23ClFNO2/c1-14-6-8-15(9-7-14)18-5-4-12-24(18)20(25)21(2,3)26-19-11-10-16(22)13-17(19)23/h6-11,13,18H,4-5,12H2,1-3H3/t18-/m0/s1. The third-order valence-electron chi connectivity index (χ3n) is 4.75. The molecule has 1 aliphatic rings. The van der Waals surface area contributed by atoms with Crippen molar-refractivity contribution in [3.05, 3.63) is 64.4 Å². The molecule has 0 aromatic heterocycles. The predicted molar refractivity (Wildman–Crippen MR) is 101 cm³/mol. The van der Waals surface area contributed by atoms with Crippen LogP contribution in [0.1, 0.15) is 43.9 Å². The van der Waals surface area contributed by atoms with Crippen LogP contribution in [0.25, 0.3) is 0 Å². The zero-order valence-corrected chi connectivity index (χ0v) is 16.0. The van der Waals surface area contributed by atoms with E-state index in [0.717, 1.165) is 18.4 Å². The van der Waals surface area contributed by atoms with Gasteiger partial charge in [0.2, 0.25) is 0 Å². The maximum Gasteiger partial charge on any atom is 0.266 e. The van der Waals surface area contributed by atoms with Crippen molar-refractivity contribution in [2.75, 3.05) is 6.54 Å². The lowest BCUT2D eigenvalue weighted by Crippen LogP contribution is -2.48. The average molecular weight is 376 g/mol. The van der Waals surface area contributed by atoms with Crippen molar-refractivity contribution in [3.8, 4) is 5.75 Å². The van der Waals surface area contributed by atoms with E-state index >= 15 is 0 Å². The monoisotopic (exact) mass is 375 g/mol. The lowest BCUT2D eigenvalue weighted by Gasteiger charge is -2.33.